The second-order valence-electron chi connectivity index (χ2n) is 5.76. The molecule has 1 fully saturated rings. The first kappa shape index (κ1) is 14.2. The maximum atomic E-state index is 12.2. The zero-order valence-electron chi connectivity index (χ0n) is 12.2. The minimum atomic E-state index is 0.211. The molecule has 1 heterocycles. The van der Waals surface area contributed by atoms with Crippen LogP contribution in [0.5, 0.6) is 0 Å². The van der Waals surface area contributed by atoms with Crippen LogP contribution in [0.4, 0.5) is 0 Å². The van der Waals surface area contributed by atoms with Gasteiger partial charge in [0, 0.05) is 18.2 Å². The van der Waals surface area contributed by atoms with Gasteiger partial charge in [0.05, 0.1) is 6.54 Å². The summed E-state index contributed by atoms with van der Waals surface area (Å²) in [5.74, 6) is 0.211. The smallest absolute Gasteiger partial charge is 0.176 e. The van der Waals surface area contributed by atoms with E-state index in [-0.39, 0.29) is 5.78 Å². The van der Waals surface area contributed by atoms with Crippen LogP contribution >= 0.6 is 0 Å². The van der Waals surface area contributed by atoms with E-state index in [1.165, 1.54) is 24.9 Å². The van der Waals surface area contributed by atoms with Crippen LogP contribution in [0, 0.1) is 6.92 Å². The van der Waals surface area contributed by atoms with E-state index in [1.807, 2.05) is 38.2 Å². The van der Waals surface area contributed by atoms with Gasteiger partial charge in [-0.05, 0) is 40.4 Å². The van der Waals surface area contributed by atoms with Crippen LogP contribution in [0.25, 0.3) is 0 Å². The van der Waals surface area contributed by atoms with Crippen molar-refractivity contribution in [1.82, 2.24) is 9.80 Å². The summed E-state index contributed by atoms with van der Waals surface area (Å²) in [6.07, 6.45) is 2.53. The molecular formula is C16H24N2O. The van der Waals surface area contributed by atoms with Gasteiger partial charge in [-0.25, -0.2) is 0 Å². The standard InChI is InChI=1S/C16H24N2O/c1-13-6-8-14(9-7-13)16(19)12-17(2)11-15-5-4-10-18(15)3/h6-9,15H,4-5,10-12H2,1-3H3. The third-order valence-corrected chi connectivity index (χ3v) is 3.98. The first-order chi connectivity index (χ1) is 9.06. The number of hydrogen-bond donors (Lipinski definition) is 0. The molecule has 0 aromatic heterocycles. The molecule has 0 saturated carbocycles. The van der Waals surface area contributed by atoms with Gasteiger partial charge in [0.1, 0.15) is 0 Å². The van der Waals surface area contributed by atoms with Crippen molar-refractivity contribution in [2.24, 2.45) is 0 Å². The number of Topliss-reactive ketones (excluding diaryl/α,β-unsaturated/α-hetero) is 1. The predicted octanol–water partition coefficient (Wildman–Crippen LogP) is 2.20. The molecule has 1 atom stereocenters. The number of rotatable bonds is 5. The zero-order chi connectivity index (χ0) is 13.8. The van der Waals surface area contributed by atoms with Crippen molar-refractivity contribution in [2.75, 3.05) is 33.7 Å². The summed E-state index contributed by atoms with van der Waals surface area (Å²) < 4.78 is 0. The summed E-state index contributed by atoms with van der Waals surface area (Å²) in [7, 11) is 4.21. The summed E-state index contributed by atoms with van der Waals surface area (Å²) >= 11 is 0. The second-order valence-corrected chi connectivity index (χ2v) is 5.76. The summed E-state index contributed by atoms with van der Waals surface area (Å²) in [5.41, 5.74) is 2.01. The Labute approximate surface area is 116 Å². The summed E-state index contributed by atoms with van der Waals surface area (Å²) in [6, 6.07) is 8.45. The number of likely N-dealkylation sites (N-methyl/N-ethyl adjacent to an activating group) is 2. The second kappa shape index (κ2) is 6.31. The van der Waals surface area contributed by atoms with Gasteiger partial charge in [0.25, 0.3) is 0 Å². The van der Waals surface area contributed by atoms with Gasteiger partial charge in [0.2, 0.25) is 0 Å². The van der Waals surface area contributed by atoms with Crippen molar-refractivity contribution in [3.05, 3.63) is 35.4 Å². The maximum absolute atomic E-state index is 12.2. The molecular weight excluding hydrogens is 236 g/mol. The van der Waals surface area contributed by atoms with Crippen LogP contribution in [0.1, 0.15) is 28.8 Å². The molecule has 19 heavy (non-hydrogen) atoms. The quantitative estimate of drug-likeness (QED) is 0.758. The molecule has 0 spiro atoms. The van der Waals surface area contributed by atoms with Gasteiger partial charge in [-0.1, -0.05) is 29.8 Å². The van der Waals surface area contributed by atoms with E-state index < -0.39 is 0 Å². The third kappa shape index (κ3) is 3.88. The molecule has 104 valence electrons. The number of carbonyl (C=O) groups is 1. The molecule has 0 amide bonds. The number of benzene rings is 1. The fourth-order valence-corrected chi connectivity index (χ4v) is 2.71. The molecule has 2 rings (SSSR count). The number of ketones is 1. The maximum Gasteiger partial charge on any atom is 0.176 e. The molecule has 0 aliphatic carbocycles. The van der Waals surface area contributed by atoms with Crippen molar-refractivity contribution in [3.8, 4) is 0 Å². The highest BCUT2D eigenvalue weighted by atomic mass is 16.1. The van der Waals surface area contributed by atoms with Crippen LogP contribution in [0.3, 0.4) is 0 Å². The normalized spacial score (nSPS) is 20.1. The van der Waals surface area contributed by atoms with E-state index >= 15 is 0 Å². The summed E-state index contributed by atoms with van der Waals surface area (Å²) in [5, 5.41) is 0. The highest BCUT2D eigenvalue weighted by Gasteiger charge is 2.22. The van der Waals surface area contributed by atoms with Gasteiger partial charge < -0.3 is 4.90 Å². The predicted molar refractivity (Wildman–Crippen MR) is 78.7 cm³/mol. The average molecular weight is 260 g/mol. The van der Waals surface area contributed by atoms with Crippen LogP contribution in [-0.2, 0) is 0 Å². The molecule has 3 nitrogen and oxygen atoms in total. The fraction of sp³-hybridized carbons (Fsp3) is 0.562. The molecule has 0 radical (unpaired) electrons. The largest absolute Gasteiger partial charge is 0.302 e. The minimum Gasteiger partial charge on any atom is -0.302 e. The molecule has 0 bridgehead atoms. The van der Waals surface area contributed by atoms with E-state index in [9.17, 15) is 4.79 Å². The Hall–Kier alpha value is -1.19. The first-order valence-electron chi connectivity index (χ1n) is 7.05. The van der Waals surface area contributed by atoms with Crippen molar-refractivity contribution < 1.29 is 4.79 Å². The van der Waals surface area contributed by atoms with Gasteiger partial charge in [-0.2, -0.15) is 0 Å². The number of likely N-dealkylation sites (tertiary alicyclic amines) is 1. The molecule has 1 aliphatic heterocycles. The highest BCUT2D eigenvalue weighted by molar-refractivity contribution is 5.97. The lowest BCUT2D eigenvalue weighted by Crippen LogP contribution is -2.38. The van der Waals surface area contributed by atoms with Crippen molar-refractivity contribution in [1.29, 1.82) is 0 Å². The van der Waals surface area contributed by atoms with E-state index in [1.54, 1.807) is 0 Å². The highest BCUT2D eigenvalue weighted by Crippen LogP contribution is 2.15. The van der Waals surface area contributed by atoms with Gasteiger partial charge >= 0.3 is 0 Å². The fourth-order valence-electron chi connectivity index (χ4n) is 2.71. The molecule has 1 aromatic rings. The Kier molecular flexibility index (Phi) is 4.72. The Bertz CT molecular complexity index is 427. The van der Waals surface area contributed by atoms with E-state index in [4.69, 9.17) is 0 Å². The van der Waals surface area contributed by atoms with Crippen LogP contribution in [0.15, 0.2) is 24.3 Å². The molecule has 0 N–H and O–H groups in total. The molecule has 1 aliphatic rings. The number of nitrogens with zero attached hydrogens (tertiary/aromatic N) is 2. The van der Waals surface area contributed by atoms with Crippen molar-refractivity contribution in [3.63, 3.8) is 0 Å². The topological polar surface area (TPSA) is 23.6 Å². The van der Waals surface area contributed by atoms with Gasteiger partial charge in [-0.3, -0.25) is 9.69 Å². The zero-order valence-corrected chi connectivity index (χ0v) is 12.2. The van der Waals surface area contributed by atoms with E-state index in [2.05, 4.69) is 16.8 Å². The Balaban J connectivity index is 1.86. The molecule has 1 saturated heterocycles. The molecule has 3 heteroatoms. The van der Waals surface area contributed by atoms with Gasteiger partial charge in [0.15, 0.2) is 5.78 Å². The average Bonchev–Trinajstić information content (AvgIpc) is 2.75. The number of aryl methyl sites for hydroxylation is 1. The molecule has 1 aromatic carbocycles. The Morgan fingerprint density at radius 1 is 1.37 bits per heavy atom. The molecule has 1 unspecified atom stereocenters. The van der Waals surface area contributed by atoms with E-state index in [0.29, 0.717) is 12.6 Å². The first-order valence-corrected chi connectivity index (χ1v) is 7.05. The number of carbonyl (C=O) groups excluding carboxylic acids is 1. The lowest BCUT2D eigenvalue weighted by molar-refractivity contribution is 0.0932. The lowest BCUT2D eigenvalue weighted by Gasteiger charge is -2.25. The SMILES string of the molecule is Cc1ccc(C(=O)CN(C)CC2CCCN2C)cc1. The van der Waals surface area contributed by atoms with Crippen LogP contribution in [-0.4, -0.2) is 55.4 Å². The lowest BCUT2D eigenvalue weighted by atomic mass is 10.1. The third-order valence-electron chi connectivity index (χ3n) is 3.98. The summed E-state index contributed by atoms with van der Waals surface area (Å²) in [4.78, 5) is 16.7. The van der Waals surface area contributed by atoms with E-state index in [0.717, 1.165) is 12.1 Å². The van der Waals surface area contributed by atoms with Crippen LogP contribution < -0.4 is 0 Å². The van der Waals surface area contributed by atoms with Crippen LogP contribution in [0.2, 0.25) is 0 Å². The van der Waals surface area contributed by atoms with Gasteiger partial charge in [-0.15, -0.1) is 0 Å². The Morgan fingerprint density at radius 2 is 2.05 bits per heavy atom. The Morgan fingerprint density at radius 3 is 2.63 bits per heavy atom. The monoisotopic (exact) mass is 260 g/mol. The number of hydrogen-bond acceptors (Lipinski definition) is 3. The van der Waals surface area contributed by atoms with Crippen molar-refractivity contribution >= 4 is 5.78 Å². The minimum absolute atomic E-state index is 0.211. The summed E-state index contributed by atoms with van der Waals surface area (Å²) in [6.45, 7) is 4.71. The van der Waals surface area contributed by atoms with Crippen molar-refractivity contribution in [2.45, 2.75) is 25.8 Å².